The van der Waals surface area contributed by atoms with Gasteiger partial charge in [0.25, 0.3) is 0 Å². The quantitative estimate of drug-likeness (QED) is 0.392. The van der Waals surface area contributed by atoms with Crippen LogP contribution in [0.1, 0.15) is 60.3 Å². The van der Waals surface area contributed by atoms with E-state index in [1.807, 2.05) is 6.92 Å². The summed E-state index contributed by atoms with van der Waals surface area (Å²) in [5, 5.41) is 26.5. The highest BCUT2D eigenvalue weighted by Gasteiger charge is 2.31. The molecule has 0 aliphatic carbocycles. The molecular formula is C16H34N2O5. The largest absolute Gasteiger partial charge is 0.481 e. The number of nitrogens with zero attached hydrogens (tertiary/aromatic N) is 2. The molecule has 0 saturated carbocycles. The molecule has 0 bridgehead atoms. The standard InChI is InChI=1S/C10H24N2O.C6H10O4/c1-6-11(7-2)10(5,13)12(8-3)9-4;7-5(8)3-1-2-4-6(9)10/h13H,6-9H2,1-5H3;1-4H2,(H,7,8)(H,9,10). The Kier molecular flexibility index (Phi) is 13.9. The van der Waals surface area contributed by atoms with Crippen LogP contribution in [0, 0.1) is 0 Å². The molecule has 0 amide bonds. The topological polar surface area (TPSA) is 101 Å². The highest BCUT2D eigenvalue weighted by Crippen LogP contribution is 2.15. The first kappa shape index (κ1) is 24.1. The van der Waals surface area contributed by atoms with Gasteiger partial charge in [0.05, 0.1) is 0 Å². The number of hydrogen-bond donors (Lipinski definition) is 3. The Hall–Kier alpha value is -1.18. The molecule has 0 unspecified atom stereocenters. The molecule has 0 aromatic rings. The molecule has 0 saturated heterocycles. The fourth-order valence-electron chi connectivity index (χ4n) is 2.40. The summed E-state index contributed by atoms with van der Waals surface area (Å²) in [5.74, 6) is -2.54. The average Bonchev–Trinajstić information content (AvgIpc) is 2.46. The fourth-order valence-corrected chi connectivity index (χ4v) is 2.40. The van der Waals surface area contributed by atoms with Gasteiger partial charge in [0.15, 0.2) is 5.85 Å². The van der Waals surface area contributed by atoms with E-state index >= 15 is 0 Å². The Morgan fingerprint density at radius 2 is 1.04 bits per heavy atom. The lowest BCUT2D eigenvalue weighted by atomic mass is 10.2. The van der Waals surface area contributed by atoms with E-state index in [4.69, 9.17) is 10.2 Å². The lowest BCUT2D eigenvalue weighted by molar-refractivity contribution is -0.198. The normalized spacial score (nSPS) is 11.3. The van der Waals surface area contributed by atoms with Crippen molar-refractivity contribution < 1.29 is 24.9 Å². The van der Waals surface area contributed by atoms with Crippen LogP contribution in [0.5, 0.6) is 0 Å². The highest BCUT2D eigenvalue weighted by molar-refractivity contribution is 5.67. The second-order valence-corrected chi connectivity index (χ2v) is 5.31. The van der Waals surface area contributed by atoms with E-state index in [1.54, 1.807) is 0 Å². The molecule has 0 aliphatic heterocycles. The molecule has 0 fully saturated rings. The molecule has 0 rings (SSSR count). The Morgan fingerprint density at radius 1 is 0.783 bits per heavy atom. The third kappa shape index (κ3) is 11.1. The van der Waals surface area contributed by atoms with Crippen molar-refractivity contribution in [3.05, 3.63) is 0 Å². The van der Waals surface area contributed by atoms with Gasteiger partial charge >= 0.3 is 11.9 Å². The Labute approximate surface area is 139 Å². The minimum Gasteiger partial charge on any atom is -0.481 e. The maximum Gasteiger partial charge on any atom is 0.303 e. The number of carboxylic acids is 2. The number of hydrogen-bond acceptors (Lipinski definition) is 5. The van der Waals surface area contributed by atoms with Gasteiger partial charge < -0.3 is 15.3 Å². The van der Waals surface area contributed by atoms with Gasteiger partial charge in [-0.2, -0.15) is 0 Å². The Balaban J connectivity index is 0. The van der Waals surface area contributed by atoms with E-state index in [0.29, 0.717) is 12.8 Å². The molecule has 7 nitrogen and oxygen atoms in total. The minimum atomic E-state index is -0.870. The molecule has 3 N–H and O–H groups in total. The second-order valence-electron chi connectivity index (χ2n) is 5.31. The summed E-state index contributed by atoms with van der Waals surface area (Å²) in [6, 6.07) is 0. The molecule has 138 valence electrons. The zero-order valence-corrected chi connectivity index (χ0v) is 15.2. The van der Waals surface area contributed by atoms with Gasteiger partial charge in [-0.3, -0.25) is 19.4 Å². The first-order chi connectivity index (χ1) is 10.7. The van der Waals surface area contributed by atoms with Crippen molar-refractivity contribution in [2.45, 2.75) is 66.2 Å². The van der Waals surface area contributed by atoms with Crippen LogP contribution in [0.25, 0.3) is 0 Å². The summed E-state index contributed by atoms with van der Waals surface area (Å²) in [5.41, 5.74) is 0. The van der Waals surface area contributed by atoms with E-state index in [9.17, 15) is 14.7 Å². The van der Waals surface area contributed by atoms with Gasteiger partial charge in [-0.15, -0.1) is 0 Å². The van der Waals surface area contributed by atoms with Gasteiger partial charge in [-0.05, 0) is 45.9 Å². The first-order valence-corrected chi connectivity index (χ1v) is 8.33. The summed E-state index contributed by atoms with van der Waals surface area (Å²) in [4.78, 5) is 23.9. The predicted octanol–water partition coefficient (Wildman–Crippen LogP) is 2.05. The van der Waals surface area contributed by atoms with Crippen molar-refractivity contribution >= 4 is 11.9 Å². The number of rotatable bonds is 11. The molecule has 0 radical (unpaired) electrons. The SMILES string of the molecule is CCN(CC)C(C)(O)N(CC)CC.O=C(O)CCCCC(=O)O. The first-order valence-electron chi connectivity index (χ1n) is 8.33. The second kappa shape index (κ2) is 13.3. The molecule has 0 aromatic heterocycles. The van der Waals surface area contributed by atoms with E-state index < -0.39 is 17.8 Å². The molecular weight excluding hydrogens is 300 g/mol. The summed E-state index contributed by atoms with van der Waals surface area (Å²) >= 11 is 0. The molecule has 0 aromatic carbocycles. The maximum atomic E-state index is 10.3. The van der Waals surface area contributed by atoms with Crippen molar-refractivity contribution in [3.63, 3.8) is 0 Å². The van der Waals surface area contributed by atoms with Crippen LogP contribution in [0.15, 0.2) is 0 Å². The maximum absolute atomic E-state index is 10.3. The molecule has 0 atom stereocenters. The van der Waals surface area contributed by atoms with E-state index in [0.717, 1.165) is 26.2 Å². The lowest BCUT2D eigenvalue weighted by Gasteiger charge is -2.43. The van der Waals surface area contributed by atoms with Crippen LogP contribution >= 0.6 is 0 Å². The third-order valence-corrected chi connectivity index (χ3v) is 3.76. The Morgan fingerprint density at radius 3 is 1.22 bits per heavy atom. The van der Waals surface area contributed by atoms with Crippen LogP contribution in [0.4, 0.5) is 0 Å². The molecule has 0 heterocycles. The third-order valence-electron chi connectivity index (χ3n) is 3.76. The van der Waals surface area contributed by atoms with Gasteiger partial charge in [0, 0.05) is 12.8 Å². The van der Waals surface area contributed by atoms with Gasteiger partial charge in [0.1, 0.15) is 0 Å². The number of unbranched alkanes of at least 4 members (excludes halogenated alkanes) is 1. The van der Waals surface area contributed by atoms with Crippen molar-refractivity contribution in [2.75, 3.05) is 26.2 Å². The van der Waals surface area contributed by atoms with Crippen LogP contribution in [0.3, 0.4) is 0 Å². The van der Waals surface area contributed by atoms with E-state index in [2.05, 4.69) is 37.5 Å². The van der Waals surface area contributed by atoms with Gasteiger partial charge in [-0.1, -0.05) is 27.7 Å². The molecule has 0 aliphatic rings. The summed E-state index contributed by atoms with van der Waals surface area (Å²) in [7, 11) is 0. The number of carbonyl (C=O) groups is 2. The Bertz CT molecular complexity index is 296. The average molecular weight is 334 g/mol. The van der Waals surface area contributed by atoms with Gasteiger partial charge in [0.2, 0.25) is 0 Å². The number of aliphatic carboxylic acids is 2. The van der Waals surface area contributed by atoms with Crippen molar-refractivity contribution in [3.8, 4) is 0 Å². The van der Waals surface area contributed by atoms with Crippen molar-refractivity contribution in [1.29, 1.82) is 0 Å². The fraction of sp³-hybridized carbons (Fsp3) is 0.875. The van der Waals surface area contributed by atoms with Crippen LogP contribution in [-0.4, -0.2) is 69.1 Å². The number of carboxylic acid groups (broad SMARTS) is 2. The minimum absolute atomic E-state index is 0.0628. The predicted molar refractivity (Wildman–Crippen MR) is 90.2 cm³/mol. The smallest absolute Gasteiger partial charge is 0.303 e. The van der Waals surface area contributed by atoms with Crippen LogP contribution in [-0.2, 0) is 9.59 Å². The monoisotopic (exact) mass is 334 g/mol. The molecule has 23 heavy (non-hydrogen) atoms. The van der Waals surface area contributed by atoms with Crippen LogP contribution in [0.2, 0.25) is 0 Å². The van der Waals surface area contributed by atoms with Crippen molar-refractivity contribution in [2.24, 2.45) is 0 Å². The highest BCUT2D eigenvalue weighted by atomic mass is 16.4. The molecule has 7 heteroatoms. The van der Waals surface area contributed by atoms with E-state index in [-0.39, 0.29) is 12.8 Å². The molecule has 0 spiro atoms. The zero-order valence-electron chi connectivity index (χ0n) is 15.2. The van der Waals surface area contributed by atoms with Crippen LogP contribution < -0.4 is 0 Å². The van der Waals surface area contributed by atoms with Crippen molar-refractivity contribution in [1.82, 2.24) is 9.80 Å². The summed E-state index contributed by atoms with van der Waals surface area (Å²) < 4.78 is 0. The van der Waals surface area contributed by atoms with E-state index in [1.165, 1.54) is 0 Å². The zero-order chi connectivity index (χ0) is 18.5. The summed E-state index contributed by atoms with van der Waals surface area (Å²) in [6.45, 7) is 13.7. The van der Waals surface area contributed by atoms with Gasteiger partial charge in [-0.25, -0.2) is 0 Å². The lowest BCUT2D eigenvalue weighted by Crippen LogP contribution is -2.58. The summed E-state index contributed by atoms with van der Waals surface area (Å²) in [6.07, 6.45) is 1.02. The number of aliphatic hydroxyl groups is 1.